The number of nitrogens with one attached hydrogen (secondary N) is 1. The van der Waals surface area contributed by atoms with Crippen LogP contribution in [0.5, 0.6) is 0 Å². The molecule has 1 aromatic heterocycles. The molecule has 0 aliphatic heterocycles. The molecule has 1 heterocycles. The van der Waals surface area contributed by atoms with Gasteiger partial charge in [-0.1, -0.05) is 18.9 Å². The number of rotatable bonds is 3. The number of carbonyl (C=O) groups is 1. The second kappa shape index (κ2) is 9.13. The van der Waals surface area contributed by atoms with E-state index in [0.29, 0.717) is 18.2 Å². The predicted octanol–water partition coefficient (Wildman–Crippen LogP) is 2.17. The highest BCUT2D eigenvalue weighted by Gasteiger charge is 2.25. The fourth-order valence-electron chi connectivity index (χ4n) is 2.42. The van der Waals surface area contributed by atoms with E-state index in [4.69, 9.17) is 5.73 Å². The zero-order valence-electron chi connectivity index (χ0n) is 10.7. The standard InChI is InChI=1S/C13H19N3O.2ClH/c14-9-10-5-1-2-6-11(10)16-13(17)12-7-3-4-8-15-12;;/h3-4,7-8,10-11H,1-2,5-6,9,14H2,(H,16,17);2*1H. The van der Waals surface area contributed by atoms with Crippen LogP contribution in [-0.4, -0.2) is 23.5 Å². The zero-order chi connectivity index (χ0) is 12.1. The van der Waals surface area contributed by atoms with Crippen molar-refractivity contribution in [3.05, 3.63) is 30.1 Å². The summed E-state index contributed by atoms with van der Waals surface area (Å²) < 4.78 is 0. The molecule has 0 bridgehead atoms. The third kappa shape index (κ3) is 4.97. The van der Waals surface area contributed by atoms with Gasteiger partial charge in [-0.05, 0) is 37.4 Å². The molecule has 6 heteroatoms. The van der Waals surface area contributed by atoms with Crippen molar-refractivity contribution in [2.45, 2.75) is 31.7 Å². The quantitative estimate of drug-likeness (QED) is 0.899. The van der Waals surface area contributed by atoms with E-state index in [1.165, 1.54) is 12.8 Å². The molecule has 3 N–H and O–H groups in total. The van der Waals surface area contributed by atoms with Crippen molar-refractivity contribution in [3.8, 4) is 0 Å². The Morgan fingerprint density at radius 1 is 1.32 bits per heavy atom. The molecule has 19 heavy (non-hydrogen) atoms. The maximum absolute atomic E-state index is 12.0. The van der Waals surface area contributed by atoms with E-state index in [2.05, 4.69) is 10.3 Å². The van der Waals surface area contributed by atoms with Crippen molar-refractivity contribution in [1.29, 1.82) is 0 Å². The third-order valence-electron chi connectivity index (χ3n) is 3.43. The van der Waals surface area contributed by atoms with Gasteiger partial charge in [-0.2, -0.15) is 0 Å². The number of pyridine rings is 1. The predicted molar refractivity (Wildman–Crippen MR) is 81.0 cm³/mol. The smallest absolute Gasteiger partial charge is 0.270 e. The summed E-state index contributed by atoms with van der Waals surface area (Å²) in [6, 6.07) is 5.57. The minimum Gasteiger partial charge on any atom is -0.348 e. The average molecular weight is 306 g/mol. The van der Waals surface area contributed by atoms with Gasteiger partial charge in [-0.3, -0.25) is 9.78 Å². The molecule has 2 rings (SSSR count). The first-order chi connectivity index (χ1) is 8.31. The molecule has 0 aromatic carbocycles. The highest BCUT2D eigenvalue weighted by molar-refractivity contribution is 5.92. The van der Waals surface area contributed by atoms with Crippen LogP contribution < -0.4 is 11.1 Å². The lowest BCUT2D eigenvalue weighted by atomic mass is 9.84. The number of carbonyl (C=O) groups excluding carboxylic acids is 1. The lowest BCUT2D eigenvalue weighted by molar-refractivity contribution is 0.0903. The van der Waals surface area contributed by atoms with E-state index in [-0.39, 0.29) is 36.8 Å². The van der Waals surface area contributed by atoms with Crippen molar-refractivity contribution < 1.29 is 4.79 Å². The molecule has 1 aromatic rings. The van der Waals surface area contributed by atoms with Crippen LogP contribution in [0.15, 0.2) is 24.4 Å². The first-order valence-electron chi connectivity index (χ1n) is 6.23. The van der Waals surface area contributed by atoms with E-state index in [1.54, 1.807) is 18.3 Å². The summed E-state index contributed by atoms with van der Waals surface area (Å²) >= 11 is 0. The summed E-state index contributed by atoms with van der Waals surface area (Å²) in [7, 11) is 0. The van der Waals surface area contributed by atoms with E-state index < -0.39 is 0 Å². The monoisotopic (exact) mass is 305 g/mol. The van der Waals surface area contributed by atoms with E-state index in [9.17, 15) is 4.79 Å². The number of halogens is 2. The molecule has 1 aliphatic carbocycles. The van der Waals surface area contributed by atoms with Gasteiger partial charge in [0.2, 0.25) is 0 Å². The summed E-state index contributed by atoms with van der Waals surface area (Å²) in [5.41, 5.74) is 6.22. The Balaban J connectivity index is 0.00000162. The third-order valence-corrected chi connectivity index (χ3v) is 3.43. The van der Waals surface area contributed by atoms with Crippen molar-refractivity contribution in [1.82, 2.24) is 10.3 Å². The SMILES string of the molecule is Cl.Cl.NCC1CCCCC1NC(=O)c1ccccn1. The topological polar surface area (TPSA) is 68.0 Å². The summed E-state index contributed by atoms with van der Waals surface area (Å²) in [5.74, 6) is 0.326. The summed E-state index contributed by atoms with van der Waals surface area (Å²) in [6.07, 6.45) is 6.17. The molecular formula is C13H21Cl2N3O. The number of amides is 1. The van der Waals surface area contributed by atoms with Crippen LogP contribution >= 0.6 is 24.8 Å². The fraction of sp³-hybridized carbons (Fsp3) is 0.538. The molecule has 2 atom stereocenters. The van der Waals surface area contributed by atoms with Gasteiger partial charge in [0.05, 0.1) is 0 Å². The second-order valence-electron chi connectivity index (χ2n) is 4.58. The Morgan fingerprint density at radius 2 is 2.05 bits per heavy atom. The van der Waals surface area contributed by atoms with Gasteiger partial charge in [0.1, 0.15) is 5.69 Å². The molecule has 2 unspecified atom stereocenters. The molecule has 0 radical (unpaired) electrons. The summed E-state index contributed by atoms with van der Waals surface area (Å²) in [4.78, 5) is 16.0. The van der Waals surface area contributed by atoms with Gasteiger partial charge in [-0.25, -0.2) is 0 Å². The molecule has 1 fully saturated rings. The number of nitrogens with zero attached hydrogens (tertiary/aromatic N) is 1. The maximum Gasteiger partial charge on any atom is 0.270 e. The second-order valence-corrected chi connectivity index (χ2v) is 4.58. The number of nitrogens with two attached hydrogens (primary N) is 1. The van der Waals surface area contributed by atoms with Gasteiger partial charge in [0.25, 0.3) is 5.91 Å². The highest BCUT2D eigenvalue weighted by atomic mass is 35.5. The summed E-state index contributed by atoms with van der Waals surface area (Å²) in [5, 5.41) is 3.05. The molecular weight excluding hydrogens is 285 g/mol. The van der Waals surface area contributed by atoms with Gasteiger partial charge in [0.15, 0.2) is 0 Å². The number of aromatic nitrogens is 1. The van der Waals surface area contributed by atoms with E-state index in [0.717, 1.165) is 12.8 Å². The lowest BCUT2D eigenvalue weighted by Gasteiger charge is -2.31. The highest BCUT2D eigenvalue weighted by Crippen LogP contribution is 2.23. The van der Waals surface area contributed by atoms with Crippen LogP contribution in [0.1, 0.15) is 36.2 Å². The van der Waals surface area contributed by atoms with Crippen molar-refractivity contribution in [2.24, 2.45) is 11.7 Å². The van der Waals surface area contributed by atoms with Crippen LogP contribution in [0, 0.1) is 5.92 Å². The molecule has 1 amide bonds. The normalized spacial score (nSPS) is 21.7. The minimum absolute atomic E-state index is 0. The Morgan fingerprint density at radius 3 is 2.68 bits per heavy atom. The van der Waals surface area contributed by atoms with Crippen molar-refractivity contribution in [3.63, 3.8) is 0 Å². The van der Waals surface area contributed by atoms with Crippen LogP contribution in [0.25, 0.3) is 0 Å². The van der Waals surface area contributed by atoms with Crippen LogP contribution in [0.3, 0.4) is 0 Å². The van der Waals surface area contributed by atoms with Crippen LogP contribution in [-0.2, 0) is 0 Å². The van der Waals surface area contributed by atoms with Crippen LogP contribution in [0.2, 0.25) is 0 Å². The van der Waals surface area contributed by atoms with E-state index >= 15 is 0 Å². The maximum atomic E-state index is 12.0. The Labute approximate surface area is 126 Å². The first-order valence-corrected chi connectivity index (χ1v) is 6.23. The van der Waals surface area contributed by atoms with E-state index in [1.807, 2.05) is 6.07 Å². The van der Waals surface area contributed by atoms with Gasteiger partial charge >= 0.3 is 0 Å². The minimum atomic E-state index is -0.0871. The molecule has 1 saturated carbocycles. The van der Waals surface area contributed by atoms with Gasteiger partial charge < -0.3 is 11.1 Å². The zero-order valence-corrected chi connectivity index (χ0v) is 12.4. The average Bonchev–Trinajstić information content (AvgIpc) is 2.40. The Kier molecular flexibility index (Phi) is 8.72. The van der Waals surface area contributed by atoms with Crippen LogP contribution in [0.4, 0.5) is 0 Å². The van der Waals surface area contributed by atoms with Crippen molar-refractivity contribution in [2.75, 3.05) is 6.54 Å². The molecule has 0 spiro atoms. The van der Waals surface area contributed by atoms with Gasteiger partial charge in [0, 0.05) is 12.2 Å². The molecule has 1 aliphatic rings. The van der Waals surface area contributed by atoms with Crippen molar-refractivity contribution >= 4 is 30.7 Å². The fourth-order valence-corrected chi connectivity index (χ4v) is 2.42. The largest absolute Gasteiger partial charge is 0.348 e. The summed E-state index contributed by atoms with van der Waals surface area (Å²) in [6.45, 7) is 0.646. The van der Waals surface area contributed by atoms with Gasteiger partial charge in [-0.15, -0.1) is 24.8 Å². The molecule has 4 nitrogen and oxygen atoms in total. The lowest BCUT2D eigenvalue weighted by Crippen LogP contribution is -2.44. The molecule has 108 valence electrons. The first kappa shape index (κ1) is 18.2. The Hall–Kier alpha value is -0.840. The molecule has 0 saturated heterocycles. The number of hydrogen-bond donors (Lipinski definition) is 2. The number of hydrogen-bond acceptors (Lipinski definition) is 3. The Bertz CT molecular complexity index is 375.